The van der Waals surface area contributed by atoms with E-state index in [1.807, 2.05) is 30.3 Å². The predicted molar refractivity (Wildman–Crippen MR) is 131 cm³/mol. The number of nitrogens with zero attached hydrogens (tertiary/aromatic N) is 2. The van der Waals surface area contributed by atoms with Crippen molar-refractivity contribution in [2.24, 2.45) is 0 Å². The lowest BCUT2D eigenvalue weighted by molar-refractivity contribution is -0.134. The van der Waals surface area contributed by atoms with Crippen LogP contribution < -0.4 is 10.6 Å². The molecule has 1 aliphatic carbocycles. The number of benzene rings is 2. The molecular formula is C25H30N4O5S. The molecule has 2 aliphatic rings. The molecular weight excluding hydrogens is 468 g/mol. The van der Waals surface area contributed by atoms with Gasteiger partial charge in [0.2, 0.25) is 15.9 Å². The Kier molecular flexibility index (Phi) is 7.23. The molecule has 1 saturated carbocycles. The van der Waals surface area contributed by atoms with Gasteiger partial charge in [0.25, 0.3) is 5.91 Å². The molecule has 0 radical (unpaired) electrons. The maximum atomic E-state index is 13.0. The highest BCUT2D eigenvalue weighted by atomic mass is 32.2. The zero-order valence-electron chi connectivity index (χ0n) is 19.7. The van der Waals surface area contributed by atoms with Crippen molar-refractivity contribution in [1.29, 1.82) is 0 Å². The number of amides is 4. The SMILES string of the molecule is CN(Cc1ccccc1)S(=O)(=O)c1ccc(NC(=O)CN2C(=O)NC3(CCCCCC3)C2=O)cc1. The molecule has 2 aromatic carbocycles. The number of imide groups is 1. The van der Waals surface area contributed by atoms with Gasteiger partial charge in [-0.3, -0.25) is 14.5 Å². The standard InChI is InChI=1S/C25H30N4O5S/c1-28(17-19-9-5-4-6-10-19)35(33,34)21-13-11-20(12-14-21)26-22(30)18-29-23(31)25(27-24(29)32)15-7-2-3-8-16-25/h4-6,9-14H,2-3,7-8,15-18H2,1H3,(H,26,30)(H,27,32). The minimum absolute atomic E-state index is 0.0957. The zero-order valence-corrected chi connectivity index (χ0v) is 20.5. The van der Waals surface area contributed by atoms with Crippen molar-refractivity contribution in [3.63, 3.8) is 0 Å². The summed E-state index contributed by atoms with van der Waals surface area (Å²) in [6.07, 6.45) is 4.96. The molecule has 1 spiro atoms. The highest BCUT2D eigenvalue weighted by molar-refractivity contribution is 7.89. The molecule has 1 aliphatic heterocycles. The maximum absolute atomic E-state index is 13.0. The summed E-state index contributed by atoms with van der Waals surface area (Å²) in [5.74, 6) is -0.876. The number of hydrogen-bond donors (Lipinski definition) is 2. The van der Waals surface area contributed by atoms with Gasteiger partial charge in [0.15, 0.2) is 0 Å². The third-order valence-electron chi connectivity index (χ3n) is 6.60. The van der Waals surface area contributed by atoms with Gasteiger partial charge >= 0.3 is 6.03 Å². The number of rotatable bonds is 7. The predicted octanol–water partition coefficient (Wildman–Crippen LogP) is 3.09. The summed E-state index contributed by atoms with van der Waals surface area (Å²) in [5.41, 5.74) is 0.347. The number of nitrogens with one attached hydrogen (secondary N) is 2. The fourth-order valence-corrected chi connectivity index (χ4v) is 5.81. The Bertz CT molecular complexity index is 1190. The number of hydrogen-bond acceptors (Lipinski definition) is 5. The fraction of sp³-hybridized carbons (Fsp3) is 0.400. The topological polar surface area (TPSA) is 116 Å². The van der Waals surface area contributed by atoms with E-state index in [0.29, 0.717) is 18.5 Å². The van der Waals surface area contributed by atoms with E-state index in [4.69, 9.17) is 0 Å². The van der Waals surface area contributed by atoms with E-state index in [1.54, 1.807) is 0 Å². The largest absolute Gasteiger partial charge is 0.325 e. The summed E-state index contributed by atoms with van der Waals surface area (Å²) in [4.78, 5) is 39.1. The lowest BCUT2D eigenvalue weighted by Gasteiger charge is -2.24. The first-order valence-corrected chi connectivity index (χ1v) is 13.2. The Hall–Kier alpha value is -3.24. The molecule has 2 aromatic rings. The Balaban J connectivity index is 1.37. The number of carbonyl (C=O) groups excluding carboxylic acids is 3. The van der Waals surface area contributed by atoms with Gasteiger partial charge in [0, 0.05) is 19.3 Å². The first-order valence-electron chi connectivity index (χ1n) is 11.8. The molecule has 186 valence electrons. The van der Waals surface area contributed by atoms with Crippen LogP contribution in [-0.4, -0.2) is 54.6 Å². The molecule has 9 nitrogen and oxygen atoms in total. The summed E-state index contributed by atoms with van der Waals surface area (Å²) in [6.45, 7) is -0.165. The summed E-state index contributed by atoms with van der Waals surface area (Å²) in [5, 5.41) is 5.46. The average molecular weight is 499 g/mol. The molecule has 10 heteroatoms. The molecule has 0 unspecified atom stereocenters. The number of sulfonamides is 1. The Morgan fingerprint density at radius 1 is 1.00 bits per heavy atom. The van der Waals surface area contributed by atoms with Gasteiger partial charge in [-0.1, -0.05) is 56.0 Å². The zero-order chi connectivity index (χ0) is 25.1. The van der Waals surface area contributed by atoms with Crippen LogP contribution >= 0.6 is 0 Å². The Morgan fingerprint density at radius 2 is 1.63 bits per heavy atom. The van der Waals surface area contributed by atoms with Crippen LogP contribution in [0.25, 0.3) is 0 Å². The molecule has 0 atom stereocenters. The molecule has 2 fully saturated rings. The molecule has 1 saturated heterocycles. The second kappa shape index (κ2) is 10.2. The second-order valence-electron chi connectivity index (χ2n) is 9.14. The first kappa shape index (κ1) is 24.9. The molecule has 4 rings (SSSR count). The molecule has 1 heterocycles. The number of urea groups is 1. The third kappa shape index (κ3) is 5.38. The van der Waals surface area contributed by atoms with E-state index in [2.05, 4.69) is 10.6 Å². The van der Waals surface area contributed by atoms with Crippen molar-refractivity contribution in [1.82, 2.24) is 14.5 Å². The van der Waals surface area contributed by atoms with Crippen molar-refractivity contribution in [2.45, 2.75) is 55.5 Å². The lowest BCUT2D eigenvalue weighted by Crippen LogP contribution is -2.47. The van der Waals surface area contributed by atoms with Gasteiger partial charge in [0.05, 0.1) is 4.90 Å². The fourth-order valence-electron chi connectivity index (χ4n) is 4.65. The van der Waals surface area contributed by atoms with Crippen LogP contribution in [0, 0.1) is 0 Å². The number of anilines is 1. The smallest absolute Gasteiger partial charge is 0.325 e. The molecule has 4 amide bonds. The van der Waals surface area contributed by atoms with Crippen molar-refractivity contribution in [3.8, 4) is 0 Å². The van der Waals surface area contributed by atoms with Crippen LogP contribution in [0.5, 0.6) is 0 Å². The van der Waals surface area contributed by atoms with Gasteiger partial charge in [-0.25, -0.2) is 13.2 Å². The van der Waals surface area contributed by atoms with Crippen molar-refractivity contribution in [2.75, 3.05) is 18.9 Å². The van der Waals surface area contributed by atoms with Gasteiger partial charge in [-0.05, 0) is 42.7 Å². The van der Waals surface area contributed by atoms with E-state index in [9.17, 15) is 22.8 Å². The summed E-state index contributed by atoms with van der Waals surface area (Å²) in [7, 11) is -2.21. The average Bonchev–Trinajstić information content (AvgIpc) is 2.99. The molecule has 2 N–H and O–H groups in total. The van der Waals surface area contributed by atoms with E-state index >= 15 is 0 Å². The van der Waals surface area contributed by atoms with Crippen LogP contribution in [0.2, 0.25) is 0 Å². The van der Waals surface area contributed by atoms with E-state index in [1.165, 1.54) is 35.6 Å². The van der Waals surface area contributed by atoms with Gasteiger partial charge < -0.3 is 10.6 Å². The van der Waals surface area contributed by atoms with Crippen molar-refractivity contribution in [3.05, 3.63) is 60.2 Å². The van der Waals surface area contributed by atoms with E-state index in [0.717, 1.165) is 36.1 Å². The highest BCUT2D eigenvalue weighted by Gasteiger charge is 2.51. The van der Waals surface area contributed by atoms with Crippen molar-refractivity contribution < 1.29 is 22.8 Å². The molecule has 0 aromatic heterocycles. The Labute approximate surface area is 205 Å². The van der Waals surface area contributed by atoms with Gasteiger partial charge in [0.1, 0.15) is 12.1 Å². The van der Waals surface area contributed by atoms with Crippen LogP contribution in [0.3, 0.4) is 0 Å². The van der Waals surface area contributed by atoms with Crippen LogP contribution in [0.15, 0.2) is 59.5 Å². The van der Waals surface area contributed by atoms with Crippen LogP contribution in [-0.2, 0) is 26.2 Å². The molecule has 0 bridgehead atoms. The summed E-state index contributed by atoms with van der Waals surface area (Å²) in [6, 6.07) is 14.5. The monoisotopic (exact) mass is 498 g/mol. The second-order valence-corrected chi connectivity index (χ2v) is 11.2. The summed E-state index contributed by atoms with van der Waals surface area (Å²) >= 11 is 0. The van der Waals surface area contributed by atoms with Gasteiger partial charge in [-0.2, -0.15) is 4.31 Å². The van der Waals surface area contributed by atoms with E-state index < -0.39 is 34.0 Å². The van der Waals surface area contributed by atoms with Gasteiger partial charge in [-0.15, -0.1) is 0 Å². The normalized spacial score (nSPS) is 17.9. The Morgan fingerprint density at radius 3 is 2.26 bits per heavy atom. The number of carbonyl (C=O) groups is 3. The highest BCUT2D eigenvalue weighted by Crippen LogP contribution is 2.32. The summed E-state index contributed by atoms with van der Waals surface area (Å²) < 4.78 is 27.0. The first-order chi connectivity index (χ1) is 16.7. The lowest BCUT2D eigenvalue weighted by atomic mass is 9.90. The molecule has 35 heavy (non-hydrogen) atoms. The van der Waals surface area contributed by atoms with Crippen molar-refractivity contribution >= 4 is 33.6 Å². The van der Waals surface area contributed by atoms with E-state index in [-0.39, 0.29) is 17.3 Å². The van der Waals surface area contributed by atoms with Crippen LogP contribution in [0.4, 0.5) is 10.5 Å². The minimum Gasteiger partial charge on any atom is -0.325 e. The van der Waals surface area contributed by atoms with Crippen LogP contribution in [0.1, 0.15) is 44.1 Å². The third-order valence-corrected chi connectivity index (χ3v) is 8.42. The minimum atomic E-state index is -3.72. The quantitative estimate of drug-likeness (QED) is 0.569. The maximum Gasteiger partial charge on any atom is 0.325 e.